The number of amides is 1. The largest absolute Gasteiger partial charge is 0.354 e. The second-order valence-corrected chi connectivity index (χ2v) is 6.20. The average Bonchev–Trinajstić information content (AvgIpc) is 2.91. The van der Waals surface area contributed by atoms with Crippen LogP contribution in [0.3, 0.4) is 0 Å². The van der Waals surface area contributed by atoms with E-state index in [2.05, 4.69) is 10.4 Å². The molecule has 0 saturated heterocycles. The molecule has 5 nitrogen and oxygen atoms in total. The number of aryl methyl sites for hydroxylation is 3. The highest BCUT2D eigenvalue weighted by molar-refractivity contribution is 5.83. The Labute approximate surface area is 138 Å². The van der Waals surface area contributed by atoms with Gasteiger partial charge >= 0.3 is 0 Å². The van der Waals surface area contributed by atoms with Gasteiger partial charge in [0.25, 0.3) is 0 Å². The number of rotatable bonds is 7. The van der Waals surface area contributed by atoms with Crippen LogP contribution in [0.4, 0.5) is 0 Å². The molecule has 2 aromatic rings. The predicted molar refractivity (Wildman–Crippen MR) is 92.2 cm³/mol. The van der Waals surface area contributed by atoms with Crippen molar-refractivity contribution in [3.63, 3.8) is 0 Å². The molecule has 23 heavy (non-hydrogen) atoms. The van der Waals surface area contributed by atoms with E-state index >= 15 is 0 Å². The molecule has 0 fully saturated rings. The maximum absolute atomic E-state index is 12.5. The standard InChI is InChI=1S/C18H26N4O/c1-14-6-8-16(9-7-14)17(21(3)4)18(23)19-10-5-11-22-13-15(2)12-20-22/h6-9,12-13,17H,5,10-11H2,1-4H3,(H,19,23). The maximum Gasteiger partial charge on any atom is 0.241 e. The van der Waals surface area contributed by atoms with Crippen LogP contribution in [-0.4, -0.2) is 41.2 Å². The van der Waals surface area contributed by atoms with Gasteiger partial charge in [0.05, 0.1) is 6.20 Å². The Balaban J connectivity index is 1.87. The van der Waals surface area contributed by atoms with Crippen molar-refractivity contribution in [3.8, 4) is 0 Å². The number of carbonyl (C=O) groups excluding carboxylic acids is 1. The quantitative estimate of drug-likeness (QED) is 0.798. The molecule has 1 amide bonds. The first kappa shape index (κ1) is 17.2. The fourth-order valence-corrected chi connectivity index (χ4v) is 2.57. The summed E-state index contributed by atoms with van der Waals surface area (Å²) in [6.45, 7) is 5.53. The van der Waals surface area contributed by atoms with Gasteiger partial charge in [-0.3, -0.25) is 14.4 Å². The lowest BCUT2D eigenvalue weighted by Crippen LogP contribution is -2.37. The summed E-state index contributed by atoms with van der Waals surface area (Å²) in [5, 5.41) is 7.28. The number of likely N-dealkylation sites (N-methyl/N-ethyl adjacent to an activating group) is 1. The van der Waals surface area contributed by atoms with Crippen LogP contribution in [0, 0.1) is 13.8 Å². The number of hydrogen-bond acceptors (Lipinski definition) is 3. The number of aromatic nitrogens is 2. The molecule has 0 aliphatic carbocycles. The summed E-state index contributed by atoms with van der Waals surface area (Å²) in [5.74, 6) is 0.0375. The van der Waals surface area contributed by atoms with Gasteiger partial charge in [-0.1, -0.05) is 29.8 Å². The van der Waals surface area contributed by atoms with Crippen molar-refractivity contribution in [1.82, 2.24) is 20.0 Å². The first-order valence-corrected chi connectivity index (χ1v) is 7.97. The summed E-state index contributed by atoms with van der Waals surface area (Å²) in [7, 11) is 3.85. The smallest absolute Gasteiger partial charge is 0.241 e. The van der Waals surface area contributed by atoms with Gasteiger partial charge in [0.1, 0.15) is 6.04 Å². The zero-order chi connectivity index (χ0) is 16.8. The molecule has 0 saturated carbocycles. The van der Waals surface area contributed by atoms with Gasteiger partial charge in [-0.05, 0) is 45.5 Å². The fourth-order valence-electron chi connectivity index (χ4n) is 2.57. The zero-order valence-electron chi connectivity index (χ0n) is 14.4. The van der Waals surface area contributed by atoms with E-state index in [4.69, 9.17) is 0 Å². The van der Waals surface area contributed by atoms with Gasteiger partial charge in [-0.15, -0.1) is 0 Å². The van der Waals surface area contributed by atoms with Crippen molar-refractivity contribution in [2.24, 2.45) is 0 Å². The van der Waals surface area contributed by atoms with Crippen molar-refractivity contribution < 1.29 is 4.79 Å². The summed E-state index contributed by atoms with van der Waals surface area (Å²) >= 11 is 0. The minimum Gasteiger partial charge on any atom is -0.354 e. The summed E-state index contributed by atoms with van der Waals surface area (Å²) in [6.07, 6.45) is 4.72. The Morgan fingerprint density at radius 1 is 1.22 bits per heavy atom. The topological polar surface area (TPSA) is 50.2 Å². The molecule has 2 rings (SSSR count). The van der Waals surface area contributed by atoms with Gasteiger partial charge in [-0.2, -0.15) is 5.10 Å². The van der Waals surface area contributed by atoms with Crippen LogP contribution >= 0.6 is 0 Å². The molecule has 0 aliphatic heterocycles. The zero-order valence-corrected chi connectivity index (χ0v) is 14.4. The number of nitrogens with zero attached hydrogens (tertiary/aromatic N) is 3. The number of hydrogen-bond donors (Lipinski definition) is 1. The van der Waals surface area contributed by atoms with Crippen molar-refractivity contribution in [2.75, 3.05) is 20.6 Å². The number of benzene rings is 1. The second-order valence-electron chi connectivity index (χ2n) is 6.20. The normalized spacial score (nSPS) is 12.4. The molecular formula is C18H26N4O. The lowest BCUT2D eigenvalue weighted by Gasteiger charge is -2.24. The molecular weight excluding hydrogens is 288 g/mol. The van der Waals surface area contributed by atoms with Crippen molar-refractivity contribution >= 4 is 5.91 Å². The Morgan fingerprint density at radius 2 is 1.91 bits per heavy atom. The van der Waals surface area contributed by atoms with E-state index in [-0.39, 0.29) is 11.9 Å². The second kappa shape index (κ2) is 7.92. The summed E-state index contributed by atoms with van der Waals surface area (Å²) < 4.78 is 1.91. The number of carbonyl (C=O) groups is 1. The van der Waals surface area contributed by atoms with Crippen LogP contribution in [0.5, 0.6) is 0 Å². The Bertz CT molecular complexity index is 631. The molecule has 124 valence electrons. The molecule has 1 aromatic carbocycles. The maximum atomic E-state index is 12.5. The van der Waals surface area contributed by atoms with E-state index in [1.807, 2.05) is 74.2 Å². The van der Waals surface area contributed by atoms with Crippen LogP contribution in [0.2, 0.25) is 0 Å². The lowest BCUT2D eigenvalue weighted by molar-refractivity contribution is -0.125. The summed E-state index contributed by atoms with van der Waals surface area (Å²) in [4.78, 5) is 14.5. The van der Waals surface area contributed by atoms with E-state index in [0.717, 1.165) is 24.1 Å². The molecule has 1 N–H and O–H groups in total. The van der Waals surface area contributed by atoms with Crippen LogP contribution in [-0.2, 0) is 11.3 Å². The predicted octanol–water partition coefficient (Wildman–Crippen LogP) is 2.31. The average molecular weight is 314 g/mol. The van der Waals surface area contributed by atoms with Crippen LogP contribution in [0.25, 0.3) is 0 Å². The fraction of sp³-hybridized carbons (Fsp3) is 0.444. The molecule has 1 aromatic heterocycles. The van der Waals surface area contributed by atoms with Crippen molar-refractivity contribution in [1.29, 1.82) is 0 Å². The third kappa shape index (κ3) is 4.93. The van der Waals surface area contributed by atoms with Gasteiger partial charge < -0.3 is 5.32 Å². The molecule has 0 bridgehead atoms. The molecule has 1 unspecified atom stereocenters. The van der Waals surface area contributed by atoms with Gasteiger partial charge in [0, 0.05) is 19.3 Å². The minimum absolute atomic E-state index is 0.0375. The molecule has 5 heteroatoms. The van der Waals surface area contributed by atoms with E-state index in [9.17, 15) is 4.79 Å². The molecule has 1 heterocycles. The molecule has 1 atom stereocenters. The molecule has 0 aliphatic rings. The summed E-state index contributed by atoms with van der Waals surface area (Å²) in [6, 6.07) is 7.86. The van der Waals surface area contributed by atoms with E-state index in [1.54, 1.807) is 0 Å². The Morgan fingerprint density at radius 3 is 2.48 bits per heavy atom. The van der Waals surface area contributed by atoms with Crippen LogP contribution in [0.1, 0.15) is 29.2 Å². The van der Waals surface area contributed by atoms with Crippen LogP contribution < -0.4 is 5.32 Å². The highest BCUT2D eigenvalue weighted by Gasteiger charge is 2.22. The van der Waals surface area contributed by atoms with Crippen molar-refractivity contribution in [2.45, 2.75) is 32.9 Å². The van der Waals surface area contributed by atoms with Gasteiger partial charge in [-0.25, -0.2) is 0 Å². The molecule has 0 spiro atoms. The highest BCUT2D eigenvalue weighted by Crippen LogP contribution is 2.18. The van der Waals surface area contributed by atoms with Crippen molar-refractivity contribution in [3.05, 3.63) is 53.3 Å². The highest BCUT2D eigenvalue weighted by atomic mass is 16.2. The third-order valence-electron chi connectivity index (χ3n) is 3.78. The van der Waals surface area contributed by atoms with E-state index in [0.29, 0.717) is 6.54 Å². The minimum atomic E-state index is -0.262. The van der Waals surface area contributed by atoms with E-state index < -0.39 is 0 Å². The first-order valence-electron chi connectivity index (χ1n) is 7.97. The monoisotopic (exact) mass is 314 g/mol. The van der Waals surface area contributed by atoms with E-state index in [1.165, 1.54) is 5.56 Å². The van der Waals surface area contributed by atoms with Crippen LogP contribution in [0.15, 0.2) is 36.7 Å². The number of nitrogens with one attached hydrogen (secondary N) is 1. The first-order chi connectivity index (χ1) is 11.0. The Kier molecular flexibility index (Phi) is 5.93. The molecule has 0 radical (unpaired) electrons. The summed E-state index contributed by atoms with van der Waals surface area (Å²) in [5.41, 5.74) is 3.36. The third-order valence-corrected chi connectivity index (χ3v) is 3.78. The van der Waals surface area contributed by atoms with Gasteiger partial charge in [0.15, 0.2) is 0 Å². The Hall–Kier alpha value is -2.14. The lowest BCUT2D eigenvalue weighted by atomic mass is 10.0. The SMILES string of the molecule is Cc1ccc(C(C(=O)NCCCn2cc(C)cn2)N(C)C)cc1. The van der Waals surface area contributed by atoms with Gasteiger partial charge in [0.2, 0.25) is 5.91 Å².